The number of pyridine rings is 1. The zero-order valence-corrected chi connectivity index (χ0v) is 26.2. The van der Waals surface area contributed by atoms with Gasteiger partial charge in [-0.15, -0.1) is 11.3 Å². The second-order valence-electron chi connectivity index (χ2n) is 11.2. The van der Waals surface area contributed by atoms with E-state index in [1.54, 1.807) is 18.3 Å². The molecule has 0 radical (unpaired) electrons. The van der Waals surface area contributed by atoms with Crippen LogP contribution in [0.4, 0.5) is 10.2 Å². The number of carbonyl (C=O) groups excluding carboxylic acids is 4. The van der Waals surface area contributed by atoms with Crippen LogP contribution < -0.4 is 15.4 Å². The lowest BCUT2D eigenvalue weighted by Crippen LogP contribution is -2.54. The van der Waals surface area contributed by atoms with Crippen LogP contribution in [0.15, 0.2) is 79.0 Å². The van der Waals surface area contributed by atoms with Crippen molar-refractivity contribution >= 4 is 51.0 Å². The second-order valence-corrected chi connectivity index (χ2v) is 12.2. The molecule has 242 valence electrons. The van der Waals surface area contributed by atoms with Gasteiger partial charge in [0, 0.05) is 24.7 Å². The molecule has 5 aromatic rings. The molecule has 13 heteroatoms. The number of benzene rings is 3. The van der Waals surface area contributed by atoms with Gasteiger partial charge in [-0.25, -0.2) is 14.4 Å². The summed E-state index contributed by atoms with van der Waals surface area (Å²) in [4.78, 5) is 59.5. The Morgan fingerprint density at radius 1 is 0.875 bits per heavy atom. The Bertz CT molecular complexity index is 2070. The van der Waals surface area contributed by atoms with Crippen LogP contribution in [0.2, 0.25) is 0 Å². The number of hydrogen-bond donors (Lipinski definition) is 2. The third-order valence-corrected chi connectivity index (χ3v) is 9.10. The molecule has 2 aliphatic rings. The lowest BCUT2D eigenvalue weighted by atomic mass is 10.0. The highest BCUT2D eigenvalue weighted by molar-refractivity contribution is 7.21. The molecule has 0 aliphatic carbocycles. The van der Waals surface area contributed by atoms with Crippen molar-refractivity contribution in [3.05, 3.63) is 95.9 Å². The maximum absolute atomic E-state index is 13.6. The first-order valence-electron chi connectivity index (χ1n) is 15.3. The fraction of sp³-hybridized carbons (Fsp3) is 0.200. The summed E-state index contributed by atoms with van der Waals surface area (Å²) in [6.45, 7) is 1.42. The van der Waals surface area contributed by atoms with Gasteiger partial charge in [0.25, 0.3) is 11.8 Å². The van der Waals surface area contributed by atoms with Crippen molar-refractivity contribution in [2.75, 3.05) is 31.7 Å². The van der Waals surface area contributed by atoms with Crippen molar-refractivity contribution < 1.29 is 33.0 Å². The van der Waals surface area contributed by atoms with Crippen LogP contribution in [0.25, 0.3) is 31.9 Å². The summed E-state index contributed by atoms with van der Waals surface area (Å²) in [6, 6.07) is 20.1. The van der Waals surface area contributed by atoms with Gasteiger partial charge in [-0.3, -0.25) is 29.4 Å². The fourth-order valence-corrected chi connectivity index (χ4v) is 6.64. The first-order chi connectivity index (χ1) is 23.3. The van der Waals surface area contributed by atoms with Gasteiger partial charge >= 0.3 is 0 Å². The summed E-state index contributed by atoms with van der Waals surface area (Å²) in [5, 5.41) is 6.28. The zero-order chi connectivity index (χ0) is 33.2. The fourth-order valence-electron chi connectivity index (χ4n) is 5.65. The van der Waals surface area contributed by atoms with Crippen LogP contribution in [0.3, 0.4) is 0 Å². The molecule has 1 fully saturated rings. The summed E-state index contributed by atoms with van der Waals surface area (Å²) in [6.07, 6.45) is 1.89. The molecule has 7 rings (SSSR count). The number of imide groups is 2. The number of nitrogens with one attached hydrogen (secondary N) is 2. The number of halogens is 1. The van der Waals surface area contributed by atoms with Gasteiger partial charge in [0.2, 0.25) is 11.8 Å². The van der Waals surface area contributed by atoms with Gasteiger partial charge in [0.15, 0.2) is 0 Å². The highest BCUT2D eigenvalue weighted by Gasteiger charge is 2.44. The molecular weight excluding hydrogens is 637 g/mol. The molecule has 0 spiro atoms. The standard InChI is InChI=1S/C35H28FN5O6S/c36-23-5-8-27-29(18-23)48-33(39-27)21-3-1-20(2-4-21)22-11-12-37-30(17-22)38-13-14-46-15-16-47-24-6-7-25-26(19-24)35(45)41(34(25)44)28-9-10-31(42)40-32(28)43/h1-8,11-12,17-19,28H,9-10,13-16H2,(H,37,38)(H,40,42,43). The number of fused-ring (bicyclic) bond motifs is 2. The summed E-state index contributed by atoms with van der Waals surface area (Å²) < 4.78 is 25.8. The number of amides is 4. The minimum atomic E-state index is -1.02. The number of piperidine rings is 1. The molecule has 11 nitrogen and oxygen atoms in total. The summed E-state index contributed by atoms with van der Waals surface area (Å²) in [5.74, 6) is -1.40. The first kappa shape index (κ1) is 31.1. The number of thiazole rings is 1. The average molecular weight is 666 g/mol. The molecule has 4 heterocycles. The van der Waals surface area contributed by atoms with Gasteiger partial charge in [0.1, 0.15) is 35.0 Å². The molecular formula is C35H28FN5O6S. The number of hydrogen-bond acceptors (Lipinski definition) is 10. The lowest BCUT2D eigenvalue weighted by Gasteiger charge is -2.27. The van der Waals surface area contributed by atoms with Crippen molar-refractivity contribution in [3.63, 3.8) is 0 Å². The van der Waals surface area contributed by atoms with E-state index in [2.05, 4.69) is 20.6 Å². The monoisotopic (exact) mass is 665 g/mol. The smallest absolute Gasteiger partial charge is 0.262 e. The van der Waals surface area contributed by atoms with Crippen molar-refractivity contribution in [1.82, 2.24) is 20.2 Å². The molecule has 48 heavy (non-hydrogen) atoms. The van der Waals surface area contributed by atoms with Crippen LogP contribution in [-0.2, 0) is 14.3 Å². The van der Waals surface area contributed by atoms with Gasteiger partial charge in [-0.2, -0.15) is 0 Å². The second kappa shape index (κ2) is 13.3. The third-order valence-electron chi connectivity index (χ3n) is 8.04. The normalized spacial score (nSPS) is 15.9. The van der Waals surface area contributed by atoms with E-state index in [0.717, 1.165) is 36.8 Å². The zero-order valence-electron chi connectivity index (χ0n) is 25.4. The summed E-state index contributed by atoms with van der Waals surface area (Å²) in [7, 11) is 0. The Morgan fingerprint density at radius 3 is 2.52 bits per heavy atom. The Morgan fingerprint density at radius 2 is 1.69 bits per heavy atom. The predicted octanol–water partition coefficient (Wildman–Crippen LogP) is 5.07. The quantitative estimate of drug-likeness (QED) is 0.146. The van der Waals surface area contributed by atoms with E-state index in [-0.39, 0.29) is 43.0 Å². The van der Waals surface area contributed by atoms with E-state index < -0.39 is 29.7 Å². The van der Waals surface area contributed by atoms with Crippen molar-refractivity contribution in [3.8, 4) is 27.4 Å². The minimum Gasteiger partial charge on any atom is -0.491 e. The van der Waals surface area contributed by atoms with E-state index in [0.29, 0.717) is 24.7 Å². The summed E-state index contributed by atoms with van der Waals surface area (Å²) >= 11 is 1.46. The van der Waals surface area contributed by atoms with Crippen molar-refractivity contribution in [2.45, 2.75) is 18.9 Å². The minimum absolute atomic E-state index is 0.0597. The lowest BCUT2D eigenvalue weighted by molar-refractivity contribution is -0.136. The number of nitrogens with zero attached hydrogens (tertiary/aromatic N) is 3. The SMILES string of the molecule is O=C1CCC(N2C(=O)c3ccc(OCCOCCNc4cc(-c5ccc(-c6nc7ccc(F)cc7s6)cc5)ccn4)cc3C2=O)C(=O)N1. The highest BCUT2D eigenvalue weighted by atomic mass is 32.1. The van der Waals surface area contributed by atoms with Gasteiger partial charge in [-0.1, -0.05) is 24.3 Å². The maximum atomic E-state index is 13.6. The number of rotatable bonds is 11. The summed E-state index contributed by atoms with van der Waals surface area (Å²) in [5.41, 5.74) is 4.10. The van der Waals surface area contributed by atoms with Crippen molar-refractivity contribution in [2.24, 2.45) is 0 Å². The van der Waals surface area contributed by atoms with Crippen LogP contribution >= 0.6 is 11.3 Å². The van der Waals surface area contributed by atoms with Crippen LogP contribution in [-0.4, -0.2) is 70.9 Å². The highest BCUT2D eigenvalue weighted by Crippen LogP contribution is 2.33. The van der Waals surface area contributed by atoms with Crippen LogP contribution in [0, 0.1) is 5.82 Å². The van der Waals surface area contributed by atoms with Crippen LogP contribution in [0.5, 0.6) is 5.75 Å². The third kappa shape index (κ3) is 6.37. The number of carbonyl (C=O) groups is 4. The molecule has 2 N–H and O–H groups in total. The number of ether oxygens (including phenoxy) is 2. The van der Waals surface area contributed by atoms with E-state index in [4.69, 9.17) is 9.47 Å². The molecule has 0 saturated carbocycles. The Hall–Kier alpha value is -5.53. The molecule has 1 unspecified atom stereocenters. The van der Waals surface area contributed by atoms with Gasteiger partial charge in [-0.05, 0) is 66.1 Å². The van der Waals surface area contributed by atoms with Crippen LogP contribution in [0.1, 0.15) is 33.6 Å². The molecule has 2 aliphatic heterocycles. The first-order valence-corrected chi connectivity index (χ1v) is 16.1. The number of anilines is 1. The topological polar surface area (TPSA) is 140 Å². The van der Waals surface area contributed by atoms with E-state index >= 15 is 0 Å². The Kier molecular flexibility index (Phi) is 8.61. The maximum Gasteiger partial charge on any atom is 0.262 e. The van der Waals surface area contributed by atoms with E-state index in [9.17, 15) is 23.6 Å². The number of aromatic nitrogens is 2. The molecule has 2 aromatic heterocycles. The molecule has 0 bridgehead atoms. The molecule has 1 atom stereocenters. The molecule has 4 amide bonds. The molecule has 3 aromatic carbocycles. The Balaban J connectivity index is 0.864. The van der Waals surface area contributed by atoms with E-state index in [1.807, 2.05) is 36.4 Å². The van der Waals surface area contributed by atoms with Crippen molar-refractivity contribution in [1.29, 1.82) is 0 Å². The van der Waals surface area contributed by atoms with Gasteiger partial charge in [0.05, 0.1) is 34.6 Å². The van der Waals surface area contributed by atoms with E-state index in [1.165, 1.54) is 35.6 Å². The predicted molar refractivity (Wildman–Crippen MR) is 176 cm³/mol. The Labute approximate surface area is 277 Å². The largest absolute Gasteiger partial charge is 0.491 e. The molecule has 1 saturated heterocycles. The average Bonchev–Trinajstić information content (AvgIpc) is 3.62. The van der Waals surface area contributed by atoms with Gasteiger partial charge < -0.3 is 14.8 Å².